The maximum atomic E-state index is 12.7. The van der Waals surface area contributed by atoms with Gasteiger partial charge in [0.25, 0.3) is 0 Å². The van der Waals surface area contributed by atoms with Crippen LogP contribution in [0.25, 0.3) is 0 Å². The second-order valence-electron chi connectivity index (χ2n) is 6.58. The molecule has 1 saturated heterocycles. The number of rotatable bonds is 2. The van der Waals surface area contributed by atoms with Crippen LogP contribution in [-0.2, 0) is 10.0 Å². The van der Waals surface area contributed by atoms with Gasteiger partial charge in [0, 0.05) is 23.8 Å². The summed E-state index contributed by atoms with van der Waals surface area (Å²) in [5.41, 5.74) is 5.96. The summed E-state index contributed by atoms with van der Waals surface area (Å²) in [5.74, 6) is 0.595. The molecule has 0 bridgehead atoms. The average molecular weight is 376 g/mol. The van der Waals surface area contributed by atoms with Crippen LogP contribution >= 0.6 is 15.9 Å². The quantitative estimate of drug-likeness (QED) is 0.861. The molecule has 1 aliphatic rings. The number of halogens is 1. The molecular weight excluding hydrogens is 354 g/mol. The maximum absolute atomic E-state index is 12.7. The van der Waals surface area contributed by atoms with Crippen molar-refractivity contribution in [3.8, 4) is 0 Å². The molecule has 0 aromatic carbocycles. The summed E-state index contributed by atoms with van der Waals surface area (Å²) in [4.78, 5) is 4.01. The van der Waals surface area contributed by atoms with Gasteiger partial charge >= 0.3 is 0 Å². The van der Waals surface area contributed by atoms with Crippen molar-refractivity contribution in [1.82, 2.24) is 9.29 Å². The highest BCUT2D eigenvalue weighted by molar-refractivity contribution is 9.10. The molecule has 21 heavy (non-hydrogen) atoms. The Morgan fingerprint density at radius 1 is 1.33 bits per heavy atom. The predicted octanol–water partition coefficient (Wildman–Crippen LogP) is 2.87. The lowest BCUT2D eigenvalue weighted by Crippen LogP contribution is -2.41. The summed E-state index contributed by atoms with van der Waals surface area (Å²) < 4.78 is 27.5. The molecule has 2 heterocycles. The highest BCUT2D eigenvalue weighted by atomic mass is 79.9. The number of hydrogen-bond donors (Lipinski definition) is 1. The van der Waals surface area contributed by atoms with Crippen LogP contribution in [0.4, 0.5) is 5.82 Å². The minimum Gasteiger partial charge on any atom is -0.383 e. The first-order chi connectivity index (χ1) is 9.62. The van der Waals surface area contributed by atoms with Crippen LogP contribution in [-0.4, -0.2) is 30.8 Å². The summed E-state index contributed by atoms with van der Waals surface area (Å²) in [7, 11) is -3.57. The van der Waals surface area contributed by atoms with Gasteiger partial charge in [0.15, 0.2) is 0 Å². The van der Waals surface area contributed by atoms with Gasteiger partial charge in [-0.1, -0.05) is 20.8 Å². The molecule has 118 valence electrons. The number of piperidine rings is 1. The second kappa shape index (κ2) is 5.85. The van der Waals surface area contributed by atoms with Crippen molar-refractivity contribution >= 4 is 31.8 Å². The third-order valence-electron chi connectivity index (χ3n) is 4.14. The Bertz CT molecular complexity index is 618. The van der Waals surface area contributed by atoms with Crippen LogP contribution in [0.3, 0.4) is 0 Å². The number of anilines is 1. The third-order valence-corrected chi connectivity index (χ3v) is 6.51. The highest BCUT2D eigenvalue weighted by Crippen LogP contribution is 2.36. The first-order valence-corrected chi connectivity index (χ1v) is 9.27. The molecule has 1 aromatic heterocycles. The predicted molar refractivity (Wildman–Crippen MR) is 87.3 cm³/mol. The molecule has 2 N–H and O–H groups in total. The molecular formula is C14H22BrN3O2S. The number of pyridine rings is 1. The normalized spacial score (nSPS) is 18.9. The van der Waals surface area contributed by atoms with Crippen LogP contribution in [0.5, 0.6) is 0 Å². The van der Waals surface area contributed by atoms with Gasteiger partial charge in [-0.2, -0.15) is 4.31 Å². The van der Waals surface area contributed by atoms with E-state index in [0.717, 1.165) is 12.8 Å². The van der Waals surface area contributed by atoms with E-state index in [1.54, 1.807) is 0 Å². The lowest BCUT2D eigenvalue weighted by Gasteiger charge is -2.38. The topological polar surface area (TPSA) is 76.3 Å². The fraction of sp³-hybridized carbons (Fsp3) is 0.643. The molecule has 7 heteroatoms. The van der Waals surface area contributed by atoms with Gasteiger partial charge in [0.05, 0.1) is 0 Å². The van der Waals surface area contributed by atoms with E-state index in [1.165, 1.54) is 16.6 Å². The SMILES string of the molecule is CC(C)(C)C1CCN(S(=O)(=O)c2cc(Br)cnc2N)CC1. The Morgan fingerprint density at radius 3 is 2.43 bits per heavy atom. The summed E-state index contributed by atoms with van der Waals surface area (Å²) >= 11 is 3.25. The summed E-state index contributed by atoms with van der Waals surface area (Å²) in [6.45, 7) is 7.70. The molecule has 0 amide bonds. The minimum absolute atomic E-state index is 0.0520. The molecule has 5 nitrogen and oxygen atoms in total. The van der Waals surface area contributed by atoms with E-state index in [9.17, 15) is 8.42 Å². The number of sulfonamides is 1. The Balaban J connectivity index is 2.21. The molecule has 1 aliphatic heterocycles. The molecule has 2 rings (SSSR count). The van der Waals surface area contributed by atoms with Crippen molar-refractivity contribution in [1.29, 1.82) is 0 Å². The molecule has 0 unspecified atom stereocenters. The van der Waals surface area contributed by atoms with Crippen LogP contribution < -0.4 is 5.73 Å². The van der Waals surface area contributed by atoms with Gasteiger partial charge in [0.2, 0.25) is 10.0 Å². The Kier molecular flexibility index (Phi) is 4.66. The van der Waals surface area contributed by atoms with E-state index in [4.69, 9.17) is 5.73 Å². The zero-order valence-electron chi connectivity index (χ0n) is 12.6. The van der Waals surface area contributed by atoms with Crippen molar-refractivity contribution in [3.05, 3.63) is 16.7 Å². The van der Waals surface area contributed by atoms with Crippen LogP contribution in [0.15, 0.2) is 21.6 Å². The van der Waals surface area contributed by atoms with Gasteiger partial charge in [-0.3, -0.25) is 0 Å². The maximum Gasteiger partial charge on any atom is 0.246 e. The average Bonchev–Trinajstić information content (AvgIpc) is 2.40. The van der Waals surface area contributed by atoms with Crippen LogP contribution in [0, 0.1) is 11.3 Å². The number of nitrogens with zero attached hydrogens (tertiary/aromatic N) is 2. The van der Waals surface area contributed by atoms with E-state index in [0.29, 0.717) is 23.5 Å². The number of aromatic nitrogens is 1. The molecule has 1 fully saturated rings. The van der Waals surface area contributed by atoms with Crippen LogP contribution in [0.1, 0.15) is 33.6 Å². The molecule has 0 spiro atoms. The molecule has 0 atom stereocenters. The summed E-state index contributed by atoms with van der Waals surface area (Å²) in [5, 5.41) is 0. The zero-order chi connectivity index (χ0) is 15.8. The molecule has 1 aromatic rings. The van der Waals surface area contributed by atoms with Crippen molar-refractivity contribution in [3.63, 3.8) is 0 Å². The fourth-order valence-corrected chi connectivity index (χ4v) is 4.78. The fourth-order valence-electron chi connectivity index (χ4n) is 2.74. The lowest BCUT2D eigenvalue weighted by atomic mass is 9.76. The molecule has 0 radical (unpaired) electrons. The smallest absolute Gasteiger partial charge is 0.246 e. The molecule has 0 aliphatic carbocycles. The van der Waals surface area contributed by atoms with Gasteiger partial charge in [0.1, 0.15) is 10.7 Å². The lowest BCUT2D eigenvalue weighted by molar-refractivity contribution is 0.154. The number of nitrogen functional groups attached to an aromatic ring is 1. The van der Waals surface area contributed by atoms with E-state index >= 15 is 0 Å². The number of nitrogens with two attached hydrogens (primary N) is 1. The standard InChI is InChI=1S/C14H22BrN3O2S/c1-14(2,3)10-4-6-18(7-5-10)21(19,20)12-8-11(15)9-17-13(12)16/h8-10H,4-7H2,1-3H3,(H2,16,17). The van der Waals surface area contributed by atoms with Gasteiger partial charge < -0.3 is 5.73 Å². The summed E-state index contributed by atoms with van der Waals surface area (Å²) in [6, 6.07) is 1.52. The minimum atomic E-state index is -3.57. The Morgan fingerprint density at radius 2 is 1.90 bits per heavy atom. The van der Waals surface area contributed by atoms with Gasteiger partial charge in [-0.05, 0) is 46.2 Å². The largest absolute Gasteiger partial charge is 0.383 e. The van der Waals surface area contributed by atoms with Crippen molar-refractivity contribution in [2.24, 2.45) is 11.3 Å². The Hall–Kier alpha value is -0.660. The van der Waals surface area contributed by atoms with E-state index in [2.05, 4.69) is 41.7 Å². The van der Waals surface area contributed by atoms with Gasteiger partial charge in [-0.15, -0.1) is 0 Å². The van der Waals surface area contributed by atoms with Crippen LogP contribution in [0.2, 0.25) is 0 Å². The number of hydrogen-bond acceptors (Lipinski definition) is 4. The second-order valence-corrected chi connectivity index (χ2v) is 9.40. The third kappa shape index (κ3) is 3.57. The van der Waals surface area contributed by atoms with Crippen molar-refractivity contribution in [2.75, 3.05) is 18.8 Å². The van der Waals surface area contributed by atoms with E-state index < -0.39 is 10.0 Å². The molecule has 0 saturated carbocycles. The zero-order valence-corrected chi connectivity index (χ0v) is 15.0. The van der Waals surface area contributed by atoms with Crippen molar-refractivity contribution < 1.29 is 8.42 Å². The van der Waals surface area contributed by atoms with Gasteiger partial charge in [-0.25, -0.2) is 13.4 Å². The summed E-state index contributed by atoms with van der Waals surface area (Å²) in [6.07, 6.45) is 3.26. The van der Waals surface area contributed by atoms with Crippen molar-refractivity contribution in [2.45, 2.75) is 38.5 Å². The van der Waals surface area contributed by atoms with E-state index in [-0.39, 0.29) is 16.1 Å². The highest BCUT2D eigenvalue weighted by Gasteiger charge is 2.34. The Labute approximate surface area is 135 Å². The van der Waals surface area contributed by atoms with E-state index in [1.807, 2.05) is 0 Å². The first kappa shape index (κ1) is 16.7. The first-order valence-electron chi connectivity index (χ1n) is 7.03. The monoisotopic (exact) mass is 375 g/mol.